The molecule has 0 bridgehead atoms. The first-order valence-electron chi connectivity index (χ1n) is 3.49. The van der Waals surface area contributed by atoms with E-state index in [9.17, 15) is 4.79 Å². The molecule has 1 aliphatic heterocycles. The van der Waals surface area contributed by atoms with Crippen LogP contribution in [0.1, 0.15) is 20.8 Å². The minimum absolute atomic E-state index is 0. The molecule has 0 radical (unpaired) electrons. The highest BCUT2D eigenvalue weighted by Crippen LogP contribution is 2.40. The lowest BCUT2D eigenvalue weighted by Gasteiger charge is -2.13. The molecule has 2 nitrogen and oxygen atoms in total. The maximum atomic E-state index is 11.2. The van der Waals surface area contributed by atoms with E-state index in [1.54, 1.807) is 0 Å². The van der Waals surface area contributed by atoms with Crippen LogP contribution in [-0.4, -0.2) is 23.8 Å². The first kappa shape index (κ1) is 11.3. The topological polar surface area (TPSA) is 20.3 Å². The number of amides is 1. The predicted molar refractivity (Wildman–Crippen MR) is 54.8 cm³/mol. The minimum Gasteiger partial charge on any atom is -0.321 e. The molecule has 1 amide bonds. The average Bonchev–Trinajstić information content (AvgIpc) is 2.20. The molecule has 0 aliphatic carbocycles. The van der Waals surface area contributed by atoms with Gasteiger partial charge in [0, 0.05) is 20.9 Å². The predicted octanol–water partition coefficient (Wildman–Crippen LogP) is 2.31. The number of rotatable bonds is 2. The lowest BCUT2D eigenvalue weighted by molar-refractivity contribution is -0.126. The summed E-state index contributed by atoms with van der Waals surface area (Å²) in [6.07, 6.45) is 1.07. The quantitative estimate of drug-likeness (QED) is 0.616. The summed E-state index contributed by atoms with van der Waals surface area (Å²) < 4.78 is 2.00. The molecule has 11 heavy (non-hydrogen) atoms. The molecule has 1 saturated heterocycles. The van der Waals surface area contributed by atoms with Crippen molar-refractivity contribution in [2.75, 3.05) is 13.2 Å². The zero-order chi connectivity index (χ0) is 7.56. The van der Waals surface area contributed by atoms with Gasteiger partial charge in [0.2, 0.25) is 5.91 Å². The van der Waals surface area contributed by atoms with Crippen molar-refractivity contribution in [3.05, 3.63) is 0 Å². The Morgan fingerprint density at radius 1 is 1.64 bits per heavy atom. The molecule has 1 rings (SSSR count). The van der Waals surface area contributed by atoms with E-state index >= 15 is 0 Å². The van der Waals surface area contributed by atoms with Crippen LogP contribution in [0.5, 0.6) is 0 Å². The van der Waals surface area contributed by atoms with Gasteiger partial charge in [-0.25, -0.2) is 0 Å². The molecule has 0 aromatic rings. The second-order valence-electron chi connectivity index (χ2n) is 2.54. The lowest BCUT2D eigenvalue weighted by atomic mass is 10.1. The normalized spacial score (nSPS) is 25.8. The summed E-state index contributed by atoms with van der Waals surface area (Å²) in [5, 5.41) is 0. The van der Waals surface area contributed by atoms with Gasteiger partial charge in [0.1, 0.15) is 0 Å². The van der Waals surface area contributed by atoms with Crippen LogP contribution in [0.2, 0.25) is 0 Å². The zero-order valence-electron chi connectivity index (χ0n) is 6.35. The highest BCUT2D eigenvalue weighted by Gasteiger charge is 2.26. The average molecular weight is 193 g/mol. The van der Waals surface area contributed by atoms with Gasteiger partial charge in [-0.3, -0.25) is 4.79 Å². The summed E-state index contributed by atoms with van der Waals surface area (Å²) in [6, 6.07) is 0. The summed E-state index contributed by atoms with van der Waals surface area (Å²) in [4.78, 5) is 11.2. The van der Waals surface area contributed by atoms with Crippen molar-refractivity contribution in [2.24, 2.45) is 5.92 Å². The highest BCUT2D eigenvalue weighted by molar-refractivity contribution is 8.10. The first-order chi connectivity index (χ1) is 4.75. The fourth-order valence-corrected chi connectivity index (χ4v) is 3.39. The largest absolute Gasteiger partial charge is 0.321 e. The maximum Gasteiger partial charge on any atom is 0.228 e. The molecule has 3 atom stereocenters. The third-order valence-electron chi connectivity index (χ3n) is 1.72. The van der Waals surface area contributed by atoms with Crippen molar-refractivity contribution in [3.8, 4) is 0 Å². The summed E-state index contributed by atoms with van der Waals surface area (Å²) in [7, 11) is 1.65. The van der Waals surface area contributed by atoms with Gasteiger partial charge in [0.05, 0.1) is 0 Å². The molecule has 3 unspecified atom stereocenters. The molecule has 0 saturated carbocycles. The number of carbonyl (C=O) groups excluding carboxylic acids is 1. The third kappa shape index (κ3) is 2.69. The van der Waals surface area contributed by atoms with E-state index in [-0.39, 0.29) is 7.43 Å². The van der Waals surface area contributed by atoms with Crippen molar-refractivity contribution < 1.29 is 4.79 Å². The van der Waals surface area contributed by atoms with Gasteiger partial charge < -0.3 is 4.67 Å². The Bertz CT molecular complexity index is 138. The second kappa shape index (κ2) is 5.06. The summed E-state index contributed by atoms with van der Waals surface area (Å²) in [6.45, 7) is 5.17. The van der Waals surface area contributed by atoms with E-state index in [4.69, 9.17) is 0 Å². The Labute approximate surface area is 72.6 Å². The van der Waals surface area contributed by atoms with Crippen LogP contribution < -0.4 is 0 Å². The molecule has 0 N–H and O–H groups in total. The fraction of sp³-hybridized carbons (Fsp3) is 0.857. The van der Waals surface area contributed by atoms with Crippen LogP contribution in [0.25, 0.3) is 0 Å². The third-order valence-corrected chi connectivity index (χ3v) is 4.14. The molecule has 1 aliphatic rings. The molecule has 1 heterocycles. The van der Waals surface area contributed by atoms with Crippen LogP contribution >= 0.6 is 16.7 Å². The first-order valence-corrected chi connectivity index (χ1v) is 6.94. The van der Waals surface area contributed by atoms with Crippen molar-refractivity contribution in [1.29, 1.82) is 0 Å². The van der Waals surface area contributed by atoms with Gasteiger partial charge in [0.15, 0.2) is 0 Å². The van der Waals surface area contributed by atoms with E-state index in [0.717, 1.165) is 29.7 Å². The Balaban J connectivity index is 0.000001000. The minimum atomic E-state index is 0. The monoisotopic (exact) mass is 193 g/mol. The Morgan fingerprint density at radius 3 is 2.64 bits per heavy atom. The molecular weight excluding hydrogens is 176 g/mol. The molecule has 4 heteroatoms. The number of carbonyl (C=O) groups is 1. The van der Waals surface area contributed by atoms with E-state index in [2.05, 4.69) is 6.66 Å². The van der Waals surface area contributed by atoms with Gasteiger partial charge in [-0.15, -0.1) is 0 Å². The lowest BCUT2D eigenvalue weighted by Crippen LogP contribution is -2.16. The van der Waals surface area contributed by atoms with Gasteiger partial charge in [-0.1, -0.05) is 22.6 Å². The molecule has 0 spiro atoms. The van der Waals surface area contributed by atoms with Crippen LogP contribution in [0.4, 0.5) is 0 Å². The van der Waals surface area contributed by atoms with Gasteiger partial charge in [0.25, 0.3) is 0 Å². The Hall–Kier alpha value is 0.330. The summed E-state index contributed by atoms with van der Waals surface area (Å²) >= 11 is 0. The number of hydrogen-bond donors (Lipinski definition) is 0. The molecule has 66 valence electrons. The summed E-state index contributed by atoms with van der Waals surface area (Å²) in [5.74, 6) is 0.663. The van der Waals surface area contributed by atoms with Crippen molar-refractivity contribution in [1.82, 2.24) is 4.67 Å². The number of nitrogens with zero attached hydrogens (tertiary/aromatic N) is 1. The van der Waals surface area contributed by atoms with Crippen LogP contribution in [0, 0.1) is 5.92 Å². The van der Waals surface area contributed by atoms with Crippen molar-refractivity contribution in [2.45, 2.75) is 20.8 Å². The van der Waals surface area contributed by atoms with E-state index in [1.165, 1.54) is 0 Å². The van der Waals surface area contributed by atoms with Crippen molar-refractivity contribution >= 4 is 22.6 Å². The van der Waals surface area contributed by atoms with E-state index in [1.807, 2.05) is 11.6 Å². The standard InChI is InChI=1S/C6H13NOP2.CH4/c1-5-3-4-7(6(5)8)10-9-2;/h5,9-10H,3-4H2,1-2H3;1H4. The zero-order valence-corrected chi connectivity index (χ0v) is 8.35. The molecular formula is C7H17NOP2. The van der Waals surface area contributed by atoms with Gasteiger partial charge >= 0.3 is 0 Å². The SMILES string of the molecule is C.CPPN1CCC(C)C1=O. The van der Waals surface area contributed by atoms with Gasteiger partial charge in [-0.05, 0) is 13.1 Å². The Morgan fingerprint density at radius 2 is 2.27 bits per heavy atom. The molecule has 0 aromatic carbocycles. The van der Waals surface area contributed by atoms with Gasteiger partial charge in [-0.2, -0.15) is 0 Å². The maximum absolute atomic E-state index is 11.2. The number of hydrogen-bond acceptors (Lipinski definition) is 1. The Kier molecular flexibility index (Phi) is 5.21. The smallest absolute Gasteiger partial charge is 0.228 e. The fourth-order valence-electron chi connectivity index (χ4n) is 1.07. The van der Waals surface area contributed by atoms with Crippen LogP contribution in [0.3, 0.4) is 0 Å². The summed E-state index contributed by atoms with van der Waals surface area (Å²) in [5.41, 5.74) is 0. The van der Waals surface area contributed by atoms with E-state index < -0.39 is 0 Å². The van der Waals surface area contributed by atoms with Crippen LogP contribution in [0.15, 0.2) is 0 Å². The van der Waals surface area contributed by atoms with Crippen molar-refractivity contribution in [3.63, 3.8) is 0 Å². The van der Waals surface area contributed by atoms with E-state index in [0.29, 0.717) is 11.8 Å². The highest BCUT2D eigenvalue weighted by atomic mass is 32.0. The second-order valence-corrected chi connectivity index (χ2v) is 5.98. The van der Waals surface area contributed by atoms with Crippen LogP contribution in [-0.2, 0) is 4.79 Å². The molecule has 1 fully saturated rings. The molecule has 0 aromatic heterocycles.